The van der Waals surface area contributed by atoms with Crippen molar-refractivity contribution in [2.45, 2.75) is 13.2 Å². The van der Waals surface area contributed by atoms with Crippen LogP contribution in [-0.4, -0.2) is 37.7 Å². The maximum Gasteiger partial charge on any atom is 0.436 e. The van der Waals surface area contributed by atoms with Gasteiger partial charge < -0.3 is 9.47 Å². The molecule has 0 unspecified atom stereocenters. The number of carbonyl (C=O) groups excluding carboxylic acids is 1. The Labute approximate surface area is 64.8 Å². The Balaban J connectivity index is 2.38. The molecule has 0 aromatic heterocycles. The number of amides is 1. The highest BCUT2D eigenvalue weighted by atomic mass is 16.8. The van der Waals surface area contributed by atoms with Gasteiger partial charge in [0, 0.05) is 7.11 Å². The van der Waals surface area contributed by atoms with E-state index in [2.05, 4.69) is 0 Å². The highest BCUT2D eigenvalue weighted by Crippen LogP contribution is 2.11. The monoisotopic (exact) mass is 161 g/mol. The molecule has 1 atom stereocenters. The van der Waals surface area contributed by atoms with Crippen LogP contribution in [0.3, 0.4) is 0 Å². The van der Waals surface area contributed by atoms with Crippen LogP contribution in [0.5, 0.6) is 0 Å². The van der Waals surface area contributed by atoms with Gasteiger partial charge in [-0.3, -0.25) is 4.84 Å². The minimum Gasteiger partial charge on any atom is -0.416 e. The molecule has 0 aromatic rings. The van der Waals surface area contributed by atoms with Gasteiger partial charge in [0.15, 0.2) is 0 Å². The first-order valence-electron chi connectivity index (χ1n) is 3.41. The summed E-state index contributed by atoms with van der Waals surface area (Å²) in [5, 5.41) is 1.15. The van der Waals surface area contributed by atoms with E-state index in [1.165, 1.54) is 7.11 Å². The molecule has 1 saturated heterocycles. The van der Waals surface area contributed by atoms with E-state index >= 15 is 0 Å². The maximum absolute atomic E-state index is 10.8. The predicted molar refractivity (Wildman–Crippen MR) is 35.6 cm³/mol. The molecule has 1 rings (SSSR count). The normalized spacial score (nSPS) is 24.0. The Morgan fingerprint density at radius 2 is 2.55 bits per heavy atom. The molecule has 0 aromatic carbocycles. The molecule has 0 saturated carbocycles. The van der Waals surface area contributed by atoms with Crippen LogP contribution in [-0.2, 0) is 14.3 Å². The van der Waals surface area contributed by atoms with Crippen molar-refractivity contribution in [3.8, 4) is 0 Å². The van der Waals surface area contributed by atoms with Crippen LogP contribution in [0.15, 0.2) is 0 Å². The van der Waals surface area contributed by atoms with Crippen molar-refractivity contribution >= 4 is 6.09 Å². The molecule has 1 aliphatic heterocycles. The lowest BCUT2D eigenvalue weighted by molar-refractivity contribution is -0.110. The highest BCUT2D eigenvalue weighted by Gasteiger charge is 2.31. The third kappa shape index (κ3) is 1.81. The van der Waals surface area contributed by atoms with E-state index in [-0.39, 0.29) is 0 Å². The molecule has 0 N–H and O–H groups in total. The zero-order valence-corrected chi connectivity index (χ0v) is 6.57. The van der Waals surface area contributed by atoms with Gasteiger partial charge in [0.2, 0.25) is 6.29 Å². The minimum absolute atomic E-state index is 0.336. The van der Waals surface area contributed by atoms with Gasteiger partial charge in [-0.25, -0.2) is 4.79 Å². The highest BCUT2D eigenvalue weighted by molar-refractivity contribution is 5.68. The van der Waals surface area contributed by atoms with E-state index in [0.717, 1.165) is 5.06 Å². The fourth-order valence-corrected chi connectivity index (χ4v) is 0.802. The standard InChI is InChI=1S/C6H11NO4/c1-3-10-7-4-5(9-2)11-6(7)8/h5H,3-4H2,1-2H3/t5-/m1/s1. The number of nitrogens with zero attached hydrogens (tertiary/aromatic N) is 1. The molecule has 0 spiro atoms. The fourth-order valence-electron chi connectivity index (χ4n) is 0.802. The third-order valence-electron chi connectivity index (χ3n) is 1.30. The van der Waals surface area contributed by atoms with Crippen LogP contribution in [0.4, 0.5) is 4.79 Å². The van der Waals surface area contributed by atoms with E-state index in [1.54, 1.807) is 6.92 Å². The summed E-state index contributed by atoms with van der Waals surface area (Å²) in [6.07, 6.45) is -0.979. The SMILES string of the molecule is CCON1C[C@H](OC)OC1=O. The first-order chi connectivity index (χ1) is 5.27. The van der Waals surface area contributed by atoms with Crippen LogP contribution in [0.25, 0.3) is 0 Å². The predicted octanol–water partition coefficient (Wildman–Crippen LogP) is 0.363. The summed E-state index contributed by atoms with van der Waals surface area (Å²) in [7, 11) is 1.48. The molecular formula is C6H11NO4. The summed E-state index contributed by atoms with van der Waals surface area (Å²) < 4.78 is 9.51. The Morgan fingerprint density at radius 3 is 3.00 bits per heavy atom. The van der Waals surface area contributed by atoms with Gasteiger partial charge in [0.25, 0.3) is 0 Å². The van der Waals surface area contributed by atoms with Gasteiger partial charge in [-0.15, -0.1) is 0 Å². The topological polar surface area (TPSA) is 48.0 Å². The second kappa shape index (κ2) is 3.54. The lowest BCUT2D eigenvalue weighted by atomic mass is 10.6. The van der Waals surface area contributed by atoms with Crippen LogP contribution in [0.1, 0.15) is 6.92 Å². The molecule has 1 fully saturated rings. The number of rotatable bonds is 3. The second-order valence-electron chi connectivity index (χ2n) is 2.03. The quantitative estimate of drug-likeness (QED) is 0.599. The number of ether oxygens (including phenoxy) is 2. The van der Waals surface area contributed by atoms with Gasteiger partial charge in [-0.1, -0.05) is 0 Å². The molecule has 1 heterocycles. The molecule has 5 heteroatoms. The number of carbonyl (C=O) groups is 1. The van der Waals surface area contributed by atoms with E-state index in [0.29, 0.717) is 13.2 Å². The summed E-state index contributed by atoms with van der Waals surface area (Å²) in [6, 6.07) is 0. The minimum atomic E-state index is -0.492. The molecular weight excluding hydrogens is 150 g/mol. The van der Waals surface area contributed by atoms with E-state index in [4.69, 9.17) is 14.3 Å². The Hall–Kier alpha value is -0.810. The number of cyclic esters (lactones) is 1. The van der Waals surface area contributed by atoms with Crippen molar-refractivity contribution in [1.29, 1.82) is 0 Å². The zero-order valence-electron chi connectivity index (χ0n) is 6.57. The van der Waals surface area contributed by atoms with Crippen molar-refractivity contribution in [3.63, 3.8) is 0 Å². The second-order valence-corrected chi connectivity index (χ2v) is 2.03. The lowest BCUT2D eigenvalue weighted by Crippen LogP contribution is -2.25. The molecule has 0 aliphatic carbocycles. The maximum atomic E-state index is 10.8. The molecule has 0 radical (unpaired) electrons. The third-order valence-corrected chi connectivity index (χ3v) is 1.30. The van der Waals surface area contributed by atoms with Gasteiger partial charge in [-0.05, 0) is 6.92 Å². The number of hydrogen-bond acceptors (Lipinski definition) is 4. The van der Waals surface area contributed by atoms with Crippen LogP contribution < -0.4 is 0 Å². The first-order valence-corrected chi connectivity index (χ1v) is 3.41. The van der Waals surface area contributed by atoms with Crippen molar-refractivity contribution in [2.75, 3.05) is 20.3 Å². The summed E-state index contributed by atoms with van der Waals surface area (Å²) in [5.41, 5.74) is 0. The average Bonchev–Trinajstić information content (AvgIpc) is 2.33. The summed E-state index contributed by atoms with van der Waals surface area (Å²) in [4.78, 5) is 15.8. The van der Waals surface area contributed by atoms with Crippen molar-refractivity contribution < 1.29 is 19.1 Å². The van der Waals surface area contributed by atoms with Gasteiger partial charge in [0.05, 0.1) is 6.61 Å². The average molecular weight is 161 g/mol. The Morgan fingerprint density at radius 1 is 1.82 bits per heavy atom. The number of hydrogen-bond donors (Lipinski definition) is 0. The van der Waals surface area contributed by atoms with Crippen LogP contribution in [0.2, 0.25) is 0 Å². The van der Waals surface area contributed by atoms with Crippen LogP contribution in [0, 0.1) is 0 Å². The smallest absolute Gasteiger partial charge is 0.416 e. The summed E-state index contributed by atoms with van der Waals surface area (Å²) in [6.45, 7) is 2.59. The largest absolute Gasteiger partial charge is 0.436 e. The first kappa shape index (κ1) is 8.29. The fraction of sp³-hybridized carbons (Fsp3) is 0.833. The number of methoxy groups -OCH3 is 1. The molecule has 1 aliphatic rings. The van der Waals surface area contributed by atoms with E-state index in [1.807, 2.05) is 0 Å². The lowest BCUT2D eigenvalue weighted by Gasteiger charge is -2.09. The molecule has 1 amide bonds. The van der Waals surface area contributed by atoms with Crippen LogP contribution >= 0.6 is 0 Å². The summed E-state index contributed by atoms with van der Waals surface area (Å²) >= 11 is 0. The number of hydroxylamine groups is 2. The Kier molecular flexibility index (Phi) is 2.67. The van der Waals surface area contributed by atoms with Crippen molar-refractivity contribution in [2.24, 2.45) is 0 Å². The van der Waals surface area contributed by atoms with Gasteiger partial charge in [0.1, 0.15) is 6.54 Å². The summed E-state index contributed by atoms with van der Waals surface area (Å²) in [5.74, 6) is 0. The van der Waals surface area contributed by atoms with Crippen molar-refractivity contribution in [1.82, 2.24) is 5.06 Å². The van der Waals surface area contributed by atoms with Crippen molar-refractivity contribution in [3.05, 3.63) is 0 Å². The Bertz CT molecular complexity index is 150. The molecule has 64 valence electrons. The van der Waals surface area contributed by atoms with Gasteiger partial charge in [-0.2, -0.15) is 5.06 Å². The van der Waals surface area contributed by atoms with E-state index in [9.17, 15) is 4.79 Å². The van der Waals surface area contributed by atoms with Gasteiger partial charge >= 0.3 is 6.09 Å². The molecule has 11 heavy (non-hydrogen) atoms. The molecule has 5 nitrogen and oxygen atoms in total. The van der Waals surface area contributed by atoms with E-state index < -0.39 is 12.4 Å². The molecule has 0 bridgehead atoms. The zero-order chi connectivity index (χ0) is 8.27.